The van der Waals surface area contributed by atoms with Gasteiger partial charge in [-0.2, -0.15) is 0 Å². The average molecular weight is 857 g/mol. The number of carbonyl (C=O) groups excluding carboxylic acids is 6. The number of anilines is 1. The molecule has 7 N–H and O–H groups in total. The lowest BCUT2D eigenvalue weighted by Crippen LogP contribution is -2.62. The number of cyclic esters (lactones) is 1. The molecule has 16 nitrogen and oxygen atoms in total. The van der Waals surface area contributed by atoms with E-state index in [1.807, 2.05) is 0 Å². The van der Waals surface area contributed by atoms with Crippen molar-refractivity contribution in [1.82, 2.24) is 26.1 Å². The lowest BCUT2D eigenvalue weighted by Gasteiger charge is -2.36. The third kappa shape index (κ3) is 14.9. The van der Waals surface area contributed by atoms with Crippen LogP contribution in [0.2, 0.25) is 0 Å². The zero-order valence-electron chi connectivity index (χ0n) is 35.9. The molecule has 1 fully saturated rings. The Morgan fingerprint density at radius 3 is 2.47 bits per heavy atom. The molecule has 16 heteroatoms. The molecule has 1 aromatic heterocycles. The lowest BCUT2D eigenvalue weighted by molar-refractivity contribution is -0.156. The van der Waals surface area contributed by atoms with Gasteiger partial charge in [-0.1, -0.05) is 69.4 Å². The second-order valence-corrected chi connectivity index (χ2v) is 16.1. The molecule has 2 aliphatic rings. The van der Waals surface area contributed by atoms with Crippen LogP contribution in [0.5, 0.6) is 5.75 Å². The van der Waals surface area contributed by atoms with E-state index >= 15 is 0 Å². The molecule has 1 aromatic carbocycles. The Balaban J connectivity index is 1.70. The first kappa shape index (κ1) is 48.7. The smallest absolute Gasteiger partial charge is 0.325 e. The van der Waals surface area contributed by atoms with E-state index in [4.69, 9.17) is 4.74 Å². The van der Waals surface area contributed by atoms with Crippen LogP contribution in [-0.2, 0) is 39.9 Å². The Hall–Kier alpha value is -5.97. The van der Waals surface area contributed by atoms with Crippen molar-refractivity contribution in [2.45, 2.75) is 110 Å². The fourth-order valence-electron chi connectivity index (χ4n) is 7.06. The van der Waals surface area contributed by atoms with E-state index in [2.05, 4.69) is 26.4 Å². The number of carbonyl (C=O) groups is 6. The van der Waals surface area contributed by atoms with Crippen LogP contribution in [0.3, 0.4) is 0 Å². The first-order valence-corrected chi connectivity index (χ1v) is 21.0. The number of hydrogen-bond donors (Lipinski definition) is 7. The minimum absolute atomic E-state index is 0.0341. The summed E-state index contributed by atoms with van der Waals surface area (Å²) < 4.78 is 6.04. The maximum Gasteiger partial charge on any atom is 0.325 e. The van der Waals surface area contributed by atoms with Crippen LogP contribution in [0.25, 0.3) is 0 Å². The minimum atomic E-state index is -1.43. The highest BCUT2D eigenvalue weighted by Gasteiger charge is 2.38. The second kappa shape index (κ2) is 23.9. The van der Waals surface area contributed by atoms with Crippen LogP contribution < -0.4 is 21.4 Å². The summed E-state index contributed by atoms with van der Waals surface area (Å²) in [6.45, 7) is 8.28. The summed E-state index contributed by atoms with van der Waals surface area (Å²) in [5.41, 5.74) is 4.68. The second-order valence-electron chi connectivity index (χ2n) is 16.1. The molecule has 3 heterocycles. The number of ether oxygens (including phenoxy) is 1. The molecule has 1 unspecified atom stereocenters. The number of amides is 4. The van der Waals surface area contributed by atoms with Gasteiger partial charge in [-0.25, -0.2) is 5.43 Å². The van der Waals surface area contributed by atoms with E-state index in [9.17, 15) is 44.1 Å². The lowest BCUT2D eigenvalue weighted by atomic mass is 9.84. The van der Waals surface area contributed by atoms with E-state index in [0.717, 1.165) is 0 Å². The number of rotatable bonds is 10. The fourth-order valence-corrected chi connectivity index (χ4v) is 7.06. The molecule has 2 aliphatic heterocycles. The molecule has 334 valence electrons. The molecule has 2 aromatic rings. The molecule has 0 saturated carbocycles. The first-order chi connectivity index (χ1) is 29.5. The van der Waals surface area contributed by atoms with Gasteiger partial charge in [-0.05, 0) is 74.4 Å². The largest absolute Gasteiger partial charge is 0.508 e. The first-order valence-electron chi connectivity index (χ1n) is 21.0. The van der Waals surface area contributed by atoms with Crippen molar-refractivity contribution < 1.29 is 48.8 Å². The number of fused-ring (bicyclic) bond motifs is 2. The summed E-state index contributed by atoms with van der Waals surface area (Å²) in [4.78, 5) is 84.7. The maximum atomic E-state index is 14.3. The highest BCUT2D eigenvalue weighted by Crippen LogP contribution is 2.24. The predicted octanol–water partition coefficient (Wildman–Crippen LogP) is 3.36. The Labute approximate surface area is 362 Å². The van der Waals surface area contributed by atoms with Crippen molar-refractivity contribution in [1.29, 1.82) is 0 Å². The Bertz CT molecular complexity index is 2000. The number of allylic oxidation sites excluding steroid dienone is 4. The maximum absolute atomic E-state index is 14.3. The van der Waals surface area contributed by atoms with E-state index in [1.165, 1.54) is 42.3 Å². The average Bonchev–Trinajstić information content (AvgIpc) is 3.23. The number of Topliss-reactive ketones (excluding diaryl/α,β-unsaturated/α-hetero) is 1. The van der Waals surface area contributed by atoms with Crippen molar-refractivity contribution in [3.05, 3.63) is 102 Å². The molecular formula is C46H60N6O10. The number of phenolic OH excluding ortho intramolecular Hbond substituents is 1. The number of benzene rings is 1. The third-order valence-electron chi connectivity index (χ3n) is 10.8. The Morgan fingerprint density at radius 1 is 1.03 bits per heavy atom. The quantitative estimate of drug-likeness (QED) is 0.104. The van der Waals surface area contributed by atoms with Crippen LogP contribution in [0.1, 0.15) is 72.3 Å². The highest BCUT2D eigenvalue weighted by molar-refractivity contribution is 5.99. The number of phenols is 1. The summed E-state index contributed by atoms with van der Waals surface area (Å²) in [5.74, 6) is -5.83. The fraction of sp³-hybridized carbons (Fsp3) is 0.457. The predicted molar refractivity (Wildman–Crippen MR) is 232 cm³/mol. The molecular weight excluding hydrogens is 797 g/mol. The van der Waals surface area contributed by atoms with Crippen LogP contribution in [-0.4, -0.2) is 104 Å². The zero-order valence-corrected chi connectivity index (χ0v) is 35.9. The van der Waals surface area contributed by atoms with Gasteiger partial charge in [0, 0.05) is 55.9 Å². The van der Waals surface area contributed by atoms with Gasteiger partial charge >= 0.3 is 5.97 Å². The molecule has 4 rings (SSSR count). The monoisotopic (exact) mass is 856 g/mol. The Morgan fingerprint density at radius 2 is 1.77 bits per heavy atom. The van der Waals surface area contributed by atoms with Crippen LogP contribution in [0.4, 0.5) is 5.69 Å². The van der Waals surface area contributed by atoms with E-state index < -0.39 is 77.9 Å². The molecule has 0 radical (unpaired) electrons. The molecule has 4 amide bonds. The number of pyridine rings is 1. The molecule has 0 spiro atoms. The third-order valence-corrected chi connectivity index (χ3v) is 10.8. The van der Waals surface area contributed by atoms with Gasteiger partial charge in [0.25, 0.3) is 5.91 Å². The van der Waals surface area contributed by atoms with Crippen molar-refractivity contribution in [2.75, 3.05) is 11.9 Å². The van der Waals surface area contributed by atoms with E-state index in [1.54, 1.807) is 88.7 Å². The topological polar surface area (TPSA) is 237 Å². The summed E-state index contributed by atoms with van der Waals surface area (Å²) >= 11 is 0. The standard InChI is InChI=1S/C46H60N6O10/c1-28(2)41-44(59)49-37(27-32-13-10-14-34(54)26-32)45(60)52-25-11-15-36(51-52)46(61)62-39(29(3)12-9-18-40(56)48-33-21-23-47-24-22-33)17-8-6-7-16-38(55)31(5)42(57)35(43(58)50-41)20-19-30(4)53/h6-10,12-14,16,18,21-24,26,28,31,35-39,41-42,51,54-55,57H,11,15,17,19-20,25,27H2,1-5H3,(H,49,59)(H,50,58)(H,47,48,56)/b8-6+,16-7+,18-9+,29-12+/t31-,35+,36?,37-,38-,39-,41-,42+/m0/s1. The molecule has 1 saturated heterocycles. The van der Waals surface area contributed by atoms with Crippen LogP contribution in [0, 0.1) is 17.8 Å². The van der Waals surface area contributed by atoms with Crippen molar-refractivity contribution in [2.24, 2.45) is 17.8 Å². The summed E-state index contributed by atoms with van der Waals surface area (Å²) in [6, 6.07) is 6.16. The summed E-state index contributed by atoms with van der Waals surface area (Å²) in [5, 5.41) is 42.3. The molecule has 0 aliphatic carbocycles. The number of hydrogen-bond acceptors (Lipinski definition) is 12. The summed E-state index contributed by atoms with van der Waals surface area (Å²) in [7, 11) is 0. The van der Waals surface area contributed by atoms with Crippen molar-refractivity contribution in [3.63, 3.8) is 0 Å². The van der Waals surface area contributed by atoms with Gasteiger partial charge in [0.2, 0.25) is 17.7 Å². The van der Waals surface area contributed by atoms with Crippen LogP contribution in [0.15, 0.2) is 96.9 Å². The SMILES string of the molecule is CC(=O)CC[C@H]1C(=O)N[C@@H](C(C)C)C(=O)N[C@@H](Cc2cccc(O)c2)C(=O)N2CCCC(N2)C(=O)O[C@H](/C(C)=C/C=C/C(=O)Nc2ccncc2)C/C=C/C=C/[C@H](O)[C@H](C)[C@H]1O. The molecule has 62 heavy (non-hydrogen) atoms. The highest BCUT2D eigenvalue weighted by atomic mass is 16.5. The van der Waals surface area contributed by atoms with Gasteiger partial charge in [0.15, 0.2) is 0 Å². The number of aliphatic hydroxyl groups excluding tert-OH is 2. The summed E-state index contributed by atoms with van der Waals surface area (Å²) in [6.07, 6.45) is 11.3. The van der Waals surface area contributed by atoms with Gasteiger partial charge in [-0.3, -0.25) is 34.0 Å². The number of aromatic hydroxyl groups is 1. The van der Waals surface area contributed by atoms with E-state index in [-0.39, 0.29) is 49.7 Å². The van der Waals surface area contributed by atoms with Gasteiger partial charge in [-0.15, -0.1) is 0 Å². The number of nitrogens with zero attached hydrogens (tertiary/aromatic N) is 2. The normalized spacial score (nSPS) is 27.3. The number of esters is 1. The number of aromatic nitrogens is 1. The number of ketones is 1. The van der Waals surface area contributed by atoms with Gasteiger partial charge in [0.1, 0.15) is 35.8 Å². The Kier molecular flexibility index (Phi) is 18.8. The minimum Gasteiger partial charge on any atom is -0.508 e. The van der Waals surface area contributed by atoms with Crippen molar-refractivity contribution in [3.8, 4) is 5.75 Å². The molecule has 2 bridgehead atoms. The van der Waals surface area contributed by atoms with Crippen LogP contribution >= 0.6 is 0 Å². The number of hydrazine groups is 1. The number of nitrogens with one attached hydrogen (secondary N) is 4. The van der Waals surface area contributed by atoms with Gasteiger partial charge < -0.3 is 40.8 Å². The zero-order chi connectivity index (χ0) is 45.3. The van der Waals surface area contributed by atoms with Crippen molar-refractivity contribution >= 4 is 41.1 Å². The van der Waals surface area contributed by atoms with E-state index in [0.29, 0.717) is 29.7 Å². The molecule has 8 atom stereocenters. The number of aliphatic hydroxyl groups is 2. The van der Waals surface area contributed by atoms with Gasteiger partial charge in [0.05, 0.1) is 18.1 Å².